The number of benzene rings is 1. The number of hydrogen-bond acceptors (Lipinski definition) is 4. The molecule has 92 valence electrons. The molecule has 0 fully saturated rings. The van der Waals surface area contributed by atoms with Gasteiger partial charge in [-0.1, -0.05) is 11.6 Å². The Labute approximate surface area is 108 Å². The minimum Gasteiger partial charge on any atom is -0.478 e. The topological polar surface area (TPSA) is 72.3 Å². The van der Waals surface area contributed by atoms with Crippen molar-refractivity contribution in [3.8, 4) is 11.6 Å². The molecule has 1 N–H and O–H groups in total. The van der Waals surface area contributed by atoms with Crippen LogP contribution in [0.4, 0.5) is 0 Å². The third-order valence-electron chi connectivity index (χ3n) is 2.28. The molecule has 1 aromatic heterocycles. The molecule has 1 heterocycles. The number of aromatic carboxylic acids is 1. The highest BCUT2D eigenvalue weighted by Gasteiger charge is 2.09. The first-order chi connectivity index (χ1) is 8.58. The molecule has 1 aromatic carbocycles. The van der Waals surface area contributed by atoms with E-state index >= 15 is 0 Å². The number of rotatable bonds is 3. The van der Waals surface area contributed by atoms with Crippen LogP contribution in [0.15, 0.2) is 30.7 Å². The van der Waals surface area contributed by atoms with Crippen molar-refractivity contribution in [1.29, 1.82) is 0 Å². The molecular formula is C12H9ClN2O3. The van der Waals surface area contributed by atoms with Gasteiger partial charge >= 0.3 is 5.97 Å². The van der Waals surface area contributed by atoms with Crippen LogP contribution in [0.5, 0.6) is 11.6 Å². The molecule has 0 radical (unpaired) electrons. The predicted octanol–water partition coefficient (Wildman–Crippen LogP) is 2.93. The fourth-order valence-corrected chi connectivity index (χ4v) is 1.57. The number of nitrogens with zero attached hydrogens (tertiary/aromatic N) is 2. The Hall–Kier alpha value is -2.14. The Kier molecular flexibility index (Phi) is 3.43. The number of carboxylic acid groups (broad SMARTS) is 1. The highest BCUT2D eigenvalue weighted by atomic mass is 35.5. The number of aromatic nitrogens is 2. The van der Waals surface area contributed by atoms with Crippen molar-refractivity contribution < 1.29 is 14.6 Å². The van der Waals surface area contributed by atoms with E-state index in [2.05, 4.69) is 9.97 Å². The number of aryl methyl sites for hydroxylation is 1. The predicted molar refractivity (Wildman–Crippen MR) is 65.3 cm³/mol. The summed E-state index contributed by atoms with van der Waals surface area (Å²) in [5, 5.41) is 9.20. The zero-order chi connectivity index (χ0) is 13.1. The summed E-state index contributed by atoms with van der Waals surface area (Å²) in [5.74, 6) is -0.272. The van der Waals surface area contributed by atoms with Crippen LogP contribution >= 0.6 is 11.6 Å². The molecule has 0 aliphatic rings. The van der Waals surface area contributed by atoms with Crippen LogP contribution in [0.2, 0.25) is 5.02 Å². The molecule has 18 heavy (non-hydrogen) atoms. The second kappa shape index (κ2) is 5.01. The summed E-state index contributed by atoms with van der Waals surface area (Å²) >= 11 is 5.85. The van der Waals surface area contributed by atoms with E-state index in [1.54, 1.807) is 19.1 Å². The smallest absolute Gasteiger partial charge is 0.335 e. The van der Waals surface area contributed by atoms with E-state index in [0.717, 1.165) is 0 Å². The molecule has 0 unspecified atom stereocenters. The average molecular weight is 265 g/mol. The fourth-order valence-electron chi connectivity index (χ4n) is 1.43. The van der Waals surface area contributed by atoms with E-state index in [1.165, 1.54) is 18.6 Å². The second-order valence-corrected chi connectivity index (χ2v) is 3.97. The van der Waals surface area contributed by atoms with Crippen LogP contribution in [0.1, 0.15) is 15.9 Å². The molecule has 0 aliphatic heterocycles. The van der Waals surface area contributed by atoms with Crippen molar-refractivity contribution >= 4 is 17.6 Å². The van der Waals surface area contributed by atoms with E-state index in [4.69, 9.17) is 21.4 Å². The summed E-state index contributed by atoms with van der Waals surface area (Å²) in [6.45, 7) is 1.69. The molecular weight excluding hydrogens is 256 g/mol. The highest BCUT2D eigenvalue weighted by molar-refractivity contribution is 6.31. The molecule has 0 aliphatic carbocycles. The maximum atomic E-state index is 10.9. The monoisotopic (exact) mass is 264 g/mol. The van der Waals surface area contributed by atoms with Crippen LogP contribution in [-0.2, 0) is 0 Å². The van der Waals surface area contributed by atoms with Gasteiger partial charge in [-0.15, -0.1) is 0 Å². The van der Waals surface area contributed by atoms with Crippen molar-refractivity contribution in [3.63, 3.8) is 0 Å². The van der Waals surface area contributed by atoms with E-state index < -0.39 is 5.97 Å². The minimum absolute atomic E-state index is 0.231. The van der Waals surface area contributed by atoms with Gasteiger partial charge in [0.2, 0.25) is 5.88 Å². The first kappa shape index (κ1) is 12.3. The molecule has 0 spiro atoms. The van der Waals surface area contributed by atoms with Gasteiger partial charge in [-0.2, -0.15) is 0 Å². The van der Waals surface area contributed by atoms with Gasteiger partial charge in [0.05, 0.1) is 11.8 Å². The molecule has 0 saturated carbocycles. The normalized spacial score (nSPS) is 10.1. The lowest BCUT2D eigenvalue weighted by Crippen LogP contribution is -1.99. The molecule has 0 saturated heterocycles. The Morgan fingerprint density at radius 2 is 2.22 bits per heavy atom. The van der Waals surface area contributed by atoms with E-state index in [-0.39, 0.29) is 16.5 Å². The summed E-state index contributed by atoms with van der Waals surface area (Å²) in [6, 6.07) is 4.64. The Balaban J connectivity index is 2.29. The van der Waals surface area contributed by atoms with Crippen LogP contribution in [0.3, 0.4) is 0 Å². The molecule has 0 atom stereocenters. The number of hydrogen-bond donors (Lipinski definition) is 1. The summed E-state index contributed by atoms with van der Waals surface area (Å²) < 4.78 is 5.45. The largest absolute Gasteiger partial charge is 0.478 e. The molecule has 0 bridgehead atoms. The van der Waals surface area contributed by atoms with Gasteiger partial charge in [0, 0.05) is 0 Å². The van der Waals surface area contributed by atoms with Gasteiger partial charge in [0.25, 0.3) is 0 Å². The quantitative estimate of drug-likeness (QED) is 0.923. The zero-order valence-corrected chi connectivity index (χ0v) is 10.2. The standard InChI is InChI=1S/C12H9ClN2O3/c1-7-4-8(2-3-9(7)12(16)17)18-11-10(13)5-14-6-15-11/h2-6H,1H3,(H,16,17). The maximum Gasteiger partial charge on any atom is 0.335 e. The number of carboxylic acids is 1. The second-order valence-electron chi connectivity index (χ2n) is 3.56. The molecule has 2 aromatic rings. The van der Waals surface area contributed by atoms with Crippen LogP contribution in [0.25, 0.3) is 0 Å². The lowest BCUT2D eigenvalue weighted by molar-refractivity contribution is 0.0696. The van der Waals surface area contributed by atoms with Crippen LogP contribution in [-0.4, -0.2) is 21.0 Å². The Bertz CT molecular complexity index is 602. The van der Waals surface area contributed by atoms with Crippen molar-refractivity contribution in [3.05, 3.63) is 46.9 Å². The highest BCUT2D eigenvalue weighted by Crippen LogP contribution is 2.27. The van der Waals surface area contributed by atoms with Crippen molar-refractivity contribution in [2.45, 2.75) is 6.92 Å². The molecule has 5 nitrogen and oxygen atoms in total. The lowest BCUT2D eigenvalue weighted by Gasteiger charge is -2.07. The molecule has 6 heteroatoms. The number of ether oxygens (including phenoxy) is 1. The third kappa shape index (κ3) is 2.57. The van der Waals surface area contributed by atoms with Gasteiger partial charge < -0.3 is 9.84 Å². The van der Waals surface area contributed by atoms with E-state index in [1.807, 2.05) is 0 Å². The van der Waals surface area contributed by atoms with E-state index in [0.29, 0.717) is 11.3 Å². The number of halogens is 1. The van der Waals surface area contributed by atoms with Gasteiger partial charge in [0.15, 0.2) is 0 Å². The SMILES string of the molecule is Cc1cc(Oc2ncncc2Cl)ccc1C(=O)O. The summed E-state index contributed by atoms with van der Waals surface area (Å²) in [4.78, 5) is 18.5. The van der Waals surface area contributed by atoms with Crippen molar-refractivity contribution in [2.75, 3.05) is 0 Å². The third-order valence-corrected chi connectivity index (χ3v) is 2.54. The van der Waals surface area contributed by atoms with Gasteiger partial charge in [-0.25, -0.2) is 14.8 Å². The summed E-state index contributed by atoms with van der Waals surface area (Å²) in [7, 11) is 0. The summed E-state index contributed by atoms with van der Waals surface area (Å²) in [6.07, 6.45) is 2.74. The first-order valence-corrected chi connectivity index (χ1v) is 5.43. The van der Waals surface area contributed by atoms with Crippen molar-refractivity contribution in [2.24, 2.45) is 0 Å². The molecule has 0 amide bonds. The van der Waals surface area contributed by atoms with Gasteiger partial charge in [-0.3, -0.25) is 0 Å². The van der Waals surface area contributed by atoms with Gasteiger partial charge in [-0.05, 0) is 30.7 Å². The Morgan fingerprint density at radius 3 is 2.83 bits per heavy atom. The fraction of sp³-hybridized carbons (Fsp3) is 0.0833. The maximum absolute atomic E-state index is 10.9. The zero-order valence-electron chi connectivity index (χ0n) is 9.42. The summed E-state index contributed by atoms with van der Waals surface area (Å²) in [5.41, 5.74) is 0.835. The van der Waals surface area contributed by atoms with Crippen LogP contribution in [0, 0.1) is 6.92 Å². The Morgan fingerprint density at radius 1 is 1.44 bits per heavy atom. The number of carbonyl (C=O) groups is 1. The van der Waals surface area contributed by atoms with Gasteiger partial charge in [0.1, 0.15) is 17.1 Å². The minimum atomic E-state index is -0.973. The lowest BCUT2D eigenvalue weighted by atomic mass is 10.1. The average Bonchev–Trinajstić information content (AvgIpc) is 2.32. The molecule has 2 rings (SSSR count). The van der Waals surface area contributed by atoms with Crippen molar-refractivity contribution in [1.82, 2.24) is 9.97 Å². The van der Waals surface area contributed by atoms with E-state index in [9.17, 15) is 4.79 Å². The van der Waals surface area contributed by atoms with Crippen LogP contribution < -0.4 is 4.74 Å². The first-order valence-electron chi connectivity index (χ1n) is 5.05.